The molecule has 0 aliphatic heterocycles. The minimum absolute atomic E-state index is 0.108. The van der Waals surface area contributed by atoms with E-state index in [-0.39, 0.29) is 11.9 Å². The van der Waals surface area contributed by atoms with Crippen LogP contribution in [0.15, 0.2) is 59.2 Å². The predicted molar refractivity (Wildman–Crippen MR) is 90.9 cm³/mol. The molecule has 1 N–H and O–H groups in total. The molecule has 0 radical (unpaired) electrons. The second-order valence-electron chi connectivity index (χ2n) is 6.24. The molecule has 1 amide bonds. The standard InChI is InChI=1S/C19H19N3O2/c1-13(14-9-10-14)20-19(23)17-12-16(18-8-5-11-24-18)21-22(17)15-6-3-2-4-7-15/h2-8,11-14H,9-10H2,1H3,(H,20,23). The van der Waals surface area contributed by atoms with Gasteiger partial charge in [-0.05, 0) is 49.9 Å². The van der Waals surface area contributed by atoms with Gasteiger partial charge in [-0.1, -0.05) is 18.2 Å². The summed E-state index contributed by atoms with van der Waals surface area (Å²) in [5, 5.41) is 7.67. The Balaban J connectivity index is 1.71. The van der Waals surface area contributed by atoms with E-state index in [0.29, 0.717) is 23.1 Å². The molecule has 1 aliphatic carbocycles. The first-order valence-corrected chi connectivity index (χ1v) is 8.22. The number of carbonyl (C=O) groups is 1. The fourth-order valence-electron chi connectivity index (χ4n) is 2.85. The number of amides is 1. The van der Waals surface area contributed by atoms with Gasteiger partial charge in [-0.2, -0.15) is 5.10 Å². The summed E-state index contributed by atoms with van der Waals surface area (Å²) < 4.78 is 7.10. The lowest BCUT2D eigenvalue weighted by Gasteiger charge is -2.13. The number of para-hydroxylation sites is 1. The SMILES string of the molecule is CC(NC(=O)c1cc(-c2ccco2)nn1-c1ccccc1)C1CC1. The summed E-state index contributed by atoms with van der Waals surface area (Å²) in [7, 11) is 0. The Hall–Kier alpha value is -2.82. The van der Waals surface area contributed by atoms with E-state index in [1.54, 1.807) is 17.0 Å². The van der Waals surface area contributed by atoms with Gasteiger partial charge in [0.25, 0.3) is 5.91 Å². The first-order valence-electron chi connectivity index (χ1n) is 8.22. The molecular weight excluding hydrogens is 302 g/mol. The second-order valence-corrected chi connectivity index (χ2v) is 6.24. The van der Waals surface area contributed by atoms with E-state index in [1.807, 2.05) is 42.5 Å². The quantitative estimate of drug-likeness (QED) is 0.780. The van der Waals surface area contributed by atoms with Gasteiger partial charge in [0.15, 0.2) is 5.76 Å². The van der Waals surface area contributed by atoms with Crippen LogP contribution in [0.2, 0.25) is 0 Å². The van der Waals surface area contributed by atoms with E-state index in [9.17, 15) is 4.79 Å². The van der Waals surface area contributed by atoms with Crippen LogP contribution >= 0.6 is 0 Å². The van der Waals surface area contributed by atoms with Crippen molar-refractivity contribution in [2.75, 3.05) is 0 Å². The molecule has 1 unspecified atom stereocenters. The van der Waals surface area contributed by atoms with Gasteiger partial charge in [0.1, 0.15) is 11.4 Å². The summed E-state index contributed by atoms with van der Waals surface area (Å²) in [4.78, 5) is 12.8. The van der Waals surface area contributed by atoms with Gasteiger partial charge in [0.05, 0.1) is 12.0 Å². The van der Waals surface area contributed by atoms with Gasteiger partial charge in [-0.15, -0.1) is 0 Å². The lowest BCUT2D eigenvalue weighted by atomic mass is 10.2. The van der Waals surface area contributed by atoms with Gasteiger partial charge in [-0.25, -0.2) is 4.68 Å². The number of aromatic nitrogens is 2. The van der Waals surface area contributed by atoms with Gasteiger partial charge < -0.3 is 9.73 Å². The Kier molecular flexibility index (Phi) is 3.69. The van der Waals surface area contributed by atoms with E-state index in [4.69, 9.17) is 4.42 Å². The van der Waals surface area contributed by atoms with Gasteiger partial charge in [0.2, 0.25) is 0 Å². The highest BCUT2D eigenvalue weighted by atomic mass is 16.3. The lowest BCUT2D eigenvalue weighted by Crippen LogP contribution is -2.35. The molecule has 5 nitrogen and oxygen atoms in total. The van der Waals surface area contributed by atoms with Crippen molar-refractivity contribution >= 4 is 5.91 Å². The third-order valence-corrected chi connectivity index (χ3v) is 4.40. The lowest BCUT2D eigenvalue weighted by molar-refractivity contribution is 0.0928. The first-order chi connectivity index (χ1) is 11.7. The summed E-state index contributed by atoms with van der Waals surface area (Å²) in [5.41, 5.74) is 2.01. The van der Waals surface area contributed by atoms with Crippen molar-refractivity contribution in [3.63, 3.8) is 0 Å². The molecule has 5 heteroatoms. The molecule has 1 aliphatic rings. The van der Waals surface area contributed by atoms with Crippen molar-refractivity contribution in [1.82, 2.24) is 15.1 Å². The fraction of sp³-hybridized carbons (Fsp3) is 0.263. The van der Waals surface area contributed by atoms with Crippen molar-refractivity contribution < 1.29 is 9.21 Å². The van der Waals surface area contributed by atoms with Gasteiger partial charge >= 0.3 is 0 Å². The Morgan fingerprint density at radius 3 is 2.71 bits per heavy atom. The monoisotopic (exact) mass is 321 g/mol. The number of hydrogen-bond donors (Lipinski definition) is 1. The smallest absolute Gasteiger partial charge is 0.270 e. The molecule has 122 valence electrons. The highest BCUT2D eigenvalue weighted by Gasteiger charge is 2.30. The van der Waals surface area contributed by atoms with Crippen LogP contribution in [0.4, 0.5) is 0 Å². The molecule has 1 aromatic carbocycles. The third kappa shape index (κ3) is 2.85. The maximum Gasteiger partial charge on any atom is 0.270 e. The summed E-state index contributed by atoms with van der Waals surface area (Å²) in [6.45, 7) is 2.06. The molecule has 24 heavy (non-hydrogen) atoms. The molecule has 0 spiro atoms. The zero-order valence-electron chi connectivity index (χ0n) is 13.5. The Bertz CT molecular complexity index is 833. The van der Waals surface area contributed by atoms with Crippen molar-refractivity contribution in [1.29, 1.82) is 0 Å². The molecule has 3 aromatic rings. The third-order valence-electron chi connectivity index (χ3n) is 4.40. The van der Waals surface area contributed by atoms with E-state index >= 15 is 0 Å². The average molecular weight is 321 g/mol. The largest absolute Gasteiger partial charge is 0.463 e. The van der Waals surface area contributed by atoms with E-state index < -0.39 is 0 Å². The van der Waals surface area contributed by atoms with Crippen LogP contribution in [0.3, 0.4) is 0 Å². The van der Waals surface area contributed by atoms with Crippen LogP contribution in [0.5, 0.6) is 0 Å². The summed E-state index contributed by atoms with van der Waals surface area (Å²) >= 11 is 0. The topological polar surface area (TPSA) is 60.1 Å². The zero-order valence-corrected chi connectivity index (χ0v) is 13.5. The van der Waals surface area contributed by atoms with Gasteiger partial charge in [-0.3, -0.25) is 4.79 Å². The maximum absolute atomic E-state index is 12.8. The number of hydrogen-bond acceptors (Lipinski definition) is 3. The van der Waals surface area contributed by atoms with Crippen LogP contribution in [0.1, 0.15) is 30.3 Å². The minimum Gasteiger partial charge on any atom is -0.463 e. The zero-order chi connectivity index (χ0) is 16.5. The predicted octanol–water partition coefficient (Wildman–Crippen LogP) is 3.66. The van der Waals surface area contributed by atoms with Crippen molar-refractivity contribution in [2.24, 2.45) is 5.92 Å². The van der Waals surface area contributed by atoms with Crippen molar-refractivity contribution in [3.05, 3.63) is 60.5 Å². The van der Waals surface area contributed by atoms with Crippen LogP contribution in [-0.2, 0) is 0 Å². The Morgan fingerprint density at radius 2 is 2.04 bits per heavy atom. The molecule has 4 rings (SSSR count). The average Bonchev–Trinajstić information content (AvgIpc) is 3.13. The highest BCUT2D eigenvalue weighted by molar-refractivity contribution is 5.94. The van der Waals surface area contributed by atoms with Crippen LogP contribution in [0.25, 0.3) is 17.1 Å². The first kappa shape index (κ1) is 14.8. The van der Waals surface area contributed by atoms with Crippen LogP contribution in [0, 0.1) is 5.92 Å². The molecule has 2 aromatic heterocycles. The number of benzene rings is 1. The molecule has 1 atom stereocenters. The maximum atomic E-state index is 12.8. The number of furan rings is 1. The summed E-state index contributed by atoms with van der Waals surface area (Å²) in [5.74, 6) is 1.14. The van der Waals surface area contributed by atoms with E-state index in [0.717, 1.165) is 5.69 Å². The molecular formula is C19H19N3O2. The normalized spacial score (nSPS) is 15.2. The second kappa shape index (κ2) is 6.00. The van der Waals surface area contributed by atoms with Crippen LogP contribution < -0.4 is 5.32 Å². The van der Waals surface area contributed by atoms with E-state index in [1.165, 1.54) is 12.8 Å². The fourth-order valence-corrected chi connectivity index (χ4v) is 2.85. The molecule has 0 saturated heterocycles. The molecule has 2 heterocycles. The minimum atomic E-state index is -0.108. The molecule has 1 saturated carbocycles. The van der Waals surface area contributed by atoms with E-state index in [2.05, 4.69) is 17.3 Å². The number of carbonyl (C=O) groups excluding carboxylic acids is 1. The molecule has 1 fully saturated rings. The number of nitrogens with zero attached hydrogens (tertiary/aromatic N) is 2. The number of rotatable bonds is 5. The Labute approximate surface area is 140 Å². The number of nitrogens with one attached hydrogen (secondary N) is 1. The van der Waals surface area contributed by atoms with Crippen molar-refractivity contribution in [2.45, 2.75) is 25.8 Å². The summed E-state index contributed by atoms with van der Waals surface area (Å²) in [6, 6.07) is 15.3. The van der Waals surface area contributed by atoms with Gasteiger partial charge in [0, 0.05) is 12.1 Å². The van der Waals surface area contributed by atoms with Crippen LogP contribution in [-0.4, -0.2) is 21.7 Å². The van der Waals surface area contributed by atoms with Crippen molar-refractivity contribution in [3.8, 4) is 17.1 Å². The Morgan fingerprint density at radius 1 is 1.25 bits per heavy atom. The molecule has 0 bridgehead atoms. The summed E-state index contributed by atoms with van der Waals surface area (Å²) in [6.07, 6.45) is 3.99. The highest BCUT2D eigenvalue weighted by Crippen LogP contribution is 2.32.